The van der Waals surface area contributed by atoms with Gasteiger partial charge in [-0.3, -0.25) is 28.1 Å². The fourth-order valence-corrected chi connectivity index (χ4v) is 5.07. The zero-order chi connectivity index (χ0) is 25.1. The number of thioether (sulfide) groups is 1. The van der Waals surface area contributed by atoms with Crippen LogP contribution in [-0.2, 0) is 25.4 Å². The number of hydrogen-bond acceptors (Lipinski definition) is 8. The van der Waals surface area contributed by atoms with Gasteiger partial charge < -0.3 is 15.4 Å². The number of Topliss-reactive ketones (excluding diaryl/α,β-unsaturated/α-hetero) is 1. The Morgan fingerprint density at radius 3 is 2.57 bits per heavy atom. The van der Waals surface area contributed by atoms with E-state index in [0.29, 0.717) is 22.6 Å². The third-order valence-corrected chi connectivity index (χ3v) is 7.24. The van der Waals surface area contributed by atoms with Crippen LogP contribution in [0.2, 0.25) is 0 Å². The standard InChI is InChI=1S/C23H28N6O5S/c1-26-19(24)18(21(32)27(2)23(26)33)17(30)14-35-22-25-16-7-4-3-6-15(16)20(31)29(22)9-5-8-28-10-12-34-13-11-28/h3-4,6-7H,5,8-14,24H2,1-2H3/p+1. The first-order chi connectivity index (χ1) is 16.8. The van der Waals surface area contributed by atoms with Gasteiger partial charge in [-0.15, -0.1) is 0 Å². The van der Waals surface area contributed by atoms with Gasteiger partial charge in [0.1, 0.15) is 24.5 Å². The van der Waals surface area contributed by atoms with Gasteiger partial charge in [-0.05, 0) is 12.1 Å². The highest BCUT2D eigenvalue weighted by Gasteiger charge is 2.22. The lowest BCUT2D eigenvalue weighted by molar-refractivity contribution is -0.908. The maximum atomic E-state index is 13.3. The number of aromatic nitrogens is 4. The zero-order valence-electron chi connectivity index (χ0n) is 19.8. The van der Waals surface area contributed by atoms with Crippen LogP contribution in [0.3, 0.4) is 0 Å². The summed E-state index contributed by atoms with van der Waals surface area (Å²) in [5.74, 6) is -0.867. The van der Waals surface area contributed by atoms with Gasteiger partial charge in [0.2, 0.25) is 0 Å². The highest BCUT2D eigenvalue weighted by atomic mass is 32.2. The van der Waals surface area contributed by atoms with Gasteiger partial charge in [-0.1, -0.05) is 23.9 Å². The second-order valence-corrected chi connectivity index (χ2v) is 9.45. The van der Waals surface area contributed by atoms with Crippen molar-refractivity contribution in [3.63, 3.8) is 0 Å². The minimum atomic E-state index is -0.742. The Hall–Kier alpha value is -3.22. The lowest BCUT2D eigenvalue weighted by Crippen LogP contribution is -3.14. The second-order valence-electron chi connectivity index (χ2n) is 8.51. The molecular weight excluding hydrogens is 472 g/mol. The van der Waals surface area contributed by atoms with E-state index in [1.54, 1.807) is 28.8 Å². The molecule has 0 aliphatic carbocycles. The van der Waals surface area contributed by atoms with E-state index in [1.807, 2.05) is 0 Å². The molecule has 1 aromatic carbocycles. The van der Waals surface area contributed by atoms with Crippen molar-refractivity contribution < 1.29 is 14.4 Å². The van der Waals surface area contributed by atoms with Crippen molar-refractivity contribution in [3.05, 3.63) is 61.0 Å². The van der Waals surface area contributed by atoms with Gasteiger partial charge in [0, 0.05) is 27.1 Å². The molecule has 4 rings (SSSR count). The third kappa shape index (κ3) is 5.09. The van der Waals surface area contributed by atoms with Gasteiger partial charge in [0.25, 0.3) is 11.1 Å². The molecule has 3 aromatic rings. The number of carbonyl (C=O) groups is 1. The summed E-state index contributed by atoms with van der Waals surface area (Å²) < 4.78 is 8.93. The maximum Gasteiger partial charge on any atom is 0.332 e. The Bertz CT molecular complexity index is 1440. The average Bonchev–Trinajstić information content (AvgIpc) is 2.87. The molecule has 1 fully saturated rings. The maximum absolute atomic E-state index is 13.3. The van der Waals surface area contributed by atoms with Gasteiger partial charge in [0.15, 0.2) is 10.9 Å². The lowest BCUT2D eigenvalue weighted by atomic mass is 10.2. The molecule has 0 spiro atoms. The van der Waals surface area contributed by atoms with E-state index in [1.165, 1.54) is 19.0 Å². The molecule has 0 atom stereocenters. The Labute approximate surface area is 205 Å². The fraction of sp³-hybridized carbons (Fsp3) is 0.435. The number of benzene rings is 1. The topological polar surface area (TPSA) is 136 Å². The Morgan fingerprint density at radius 1 is 1.11 bits per heavy atom. The summed E-state index contributed by atoms with van der Waals surface area (Å²) in [7, 11) is 2.70. The summed E-state index contributed by atoms with van der Waals surface area (Å²) in [4.78, 5) is 57.0. The fourth-order valence-electron chi connectivity index (χ4n) is 4.18. The van der Waals surface area contributed by atoms with Crippen LogP contribution in [-0.4, -0.2) is 63.1 Å². The molecule has 186 valence electrons. The van der Waals surface area contributed by atoms with Gasteiger partial charge in [0.05, 0.1) is 36.4 Å². The Kier molecular flexibility index (Phi) is 7.53. The van der Waals surface area contributed by atoms with E-state index in [9.17, 15) is 19.2 Å². The summed E-state index contributed by atoms with van der Waals surface area (Å²) in [5, 5.41) is 0.914. The number of nitrogens with zero attached hydrogens (tertiary/aromatic N) is 4. The van der Waals surface area contributed by atoms with Crippen molar-refractivity contribution in [2.75, 3.05) is 44.3 Å². The molecule has 0 bridgehead atoms. The van der Waals surface area contributed by atoms with Crippen LogP contribution in [0.5, 0.6) is 0 Å². The van der Waals surface area contributed by atoms with Gasteiger partial charge in [-0.25, -0.2) is 9.78 Å². The molecular formula is C23H29N6O5S+. The zero-order valence-corrected chi connectivity index (χ0v) is 20.6. The summed E-state index contributed by atoms with van der Waals surface area (Å²) in [6, 6.07) is 7.09. The number of quaternary nitrogens is 1. The normalized spacial score (nSPS) is 14.5. The summed E-state index contributed by atoms with van der Waals surface area (Å²) in [6.45, 7) is 4.72. The van der Waals surface area contributed by atoms with Crippen LogP contribution < -0.4 is 27.4 Å². The number of para-hydroxylation sites is 1. The smallest absolute Gasteiger partial charge is 0.332 e. The van der Waals surface area contributed by atoms with E-state index in [-0.39, 0.29) is 22.7 Å². The number of fused-ring (bicyclic) bond motifs is 1. The molecule has 35 heavy (non-hydrogen) atoms. The molecule has 0 unspecified atom stereocenters. The lowest BCUT2D eigenvalue weighted by Gasteiger charge is -2.24. The largest absolute Gasteiger partial charge is 0.384 e. The minimum absolute atomic E-state index is 0.156. The number of ether oxygens (including phenoxy) is 1. The van der Waals surface area contributed by atoms with E-state index in [2.05, 4.69) is 4.98 Å². The molecule has 1 aliphatic heterocycles. The molecule has 2 aromatic heterocycles. The van der Waals surface area contributed by atoms with E-state index in [4.69, 9.17) is 10.5 Å². The van der Waals surface area contributed by atoms with Crippen LogP contribution in [0.15, 0.2) is 43.8 Å². The molecule has 1 aliphatic rings. The molecule has 11 nitrogen and oxygen atoms in total. The van der Waals surface area contributed by atoms with E-state index >= 15 is 0 Å². The van der Waals surface area contributed by atoms with Crippen molar-refractivity contribution in [2.24, 2.45) is 14.1 Å². The molecule has 0 amide bonds. The quantitative estimate of drug-likeness (QED) is 0.220. The number of rotatable bonds is 8. The van der Waals surface area contributed by atoms with Crippen LogP contribution >= 0.6 is 11.8 Å². The molecule has 12 heteroatoms. The number of anilines is 1. The van der Waals surface area contributed by atoms with Crippen LogP contribution in [0.4, 0.5) is 5.82 Å². The van der Waals surface area contributed by atoms with Crippen molar-refractivity contribution in [1.29, 1.82) is 0 Å². The Morgan fingerprint density at radius 2 is 1.83 bits per heavy atom. The first kappa shape index (κ1) is 24.9. The van der Waals surface area contributed by atoms with Crippen LogP contribution in [0, 0.1) is 0 Å². The SMILES string of the molecule is Cn1c(N)c(C(=O)CSc2nc3ccccc3c(=O)n2CCC[NH+]2CCOCC2)c(=O)n(C)c1=O. The number of nitrogens with two attached hydrogens (primary N) is 1. The predicted molar refractivity (Wildman–Crippen MR) is 133 cm³/mol. The van der Waals surface area contributed by atoms with Crippen molar-refractivity contribution >= 4 is 34.3 Å². The minimum Gasteiger partial charge on any atom is -0.384 e. The molecule has 0 radical (unpaired) electrons. The first-order valence-corrected chi connectivity index (χ1v) is 12.4. The highest BCUT2D eigenvalue weighted by Crippen LogP contribution is 2.20. The number of carbonyl (C=O) groups excluding carboxylic acids is 1. The van der Waals surface area contributed by atoms with Crippen molar-refractivity contribution in [3.8, 4) is 0 Å². The summed E-state index contributed by atoms with van der Waals surface area (Å²) in [6.07, 6.45) is 0.769. The predicted octanol–water partition coefficient (Wildman–Crippen LogP) is -1.34. The van der Waals surface area contributed by atoms with E-state index in [0.717, 1.165) is 60.2 Å². The molecule has 1 saturated heterocycles. The Balaban J connectivity index is 1.60. The number of morpholine rings is 1. The average molecular weight is 502 g/mol. The number of hydrogen-bond donors (Lipinski definition) is 2. The van der Waals surface area contributed by atoms with Gasteiger partial charge >= 0.3 is 5.69 Å². The number of nitrogen functional groups attached to an aromatic ring is 1. The summed E-state index contributed by atoms with van der Waals surface area (Å²) >= 11 is 1.08. The first-order valence-electron chi connectivity index (χ1n) is 11.4. The van der Waals surface area contributed by atoms with E-state index < -0.39 is 17.0 Å². The third-order valence-electron chi connectivity index (χ3n) is 6.26. The van der Waals surface area contributed by atoms with Crippen LogP contribution in [0.1, 0.15) is 16.8 Å². The molecule has 3 N–H and O–H groups in total. The van der Waals surface area contributed by atoms with Crippen molar-refractivity contribution in [1.82, 2.24) is 18.7 Å². The van der Waals surface area contributed by atoms with Gasteiger partial charge in [-0.2, -0.15) is 0 Å². The summed E-state index contributed by atoms with van der Waals surface area (Å²) in [5.41, 5.74) is 4.71. The molecule has 3 heterocycles. The second kappa shape index (κ2) is 10.6. The number of nitrogens with one attached hydrogen (secondary N) is 1. The molecule has 0 saturated carbocycles. The number of ketones is 1. The highest BCUT2D eigenvalue weighted by molar-refractivity contribution is 7.99. The van der Waals surface area contributed by atoms with Crippen LogP contribution in [0.25, 0.3) is 10.9 Å². The van der Waals surface area contributed by atoms with Crippen molar-refractivity contribution in [2.45, 2.75) is 18.1 Å². The monoisotopic (exact) mass is 501 g/mol.